The van der Waals surface area contributed by atoms with E-state index in [0.717, 1.165) is 0 Å². The predicted octanol–water partition coefficient (Wildman–Crippen LogP) is 0.523. The summed E-state index contributed by atoms with van der Waals surface area (Å²) >= 11 is 0. The molecule has 0 aromatic rings. The third-order valence-corrected chi connectivity index (χ3v) is 3.00. The van der Waals surface area contributed by atoms with Gasteiger partial charge in [-0.25, -0.2) is 8.78 Å². The summed E-state index contributed by atoms with van der Waals surface area (Å²) in [6.07, 6.45) is 0.883. The van der Waals surface area contributed by atoms with E-state index in [1.807, 2.05) is 0 Å². The molecule has 1 atom stereocenters. The molecule has 0 saturated carbocycles. The van der Waals surface area contributed by atoms with Gasteiger partial charge in [0.1, 0.15) is 6.04 Å². The van der Waals surface area contributed by atoms with Gasteiger partial charge in [-0.2, -0.15) is 0 Å². The quantitative estimate of drug-likeness (QED) is 0.716. The average molecular weight is 232 g/mol. The number of halogens is 2. The molecule has 1 N–H and O–H groups in total. The predicted molar refractivity (Wildman–Crippen MR) is 51.9 cm³/mol. The van der Waals surface area contributed by atoms with Gasteiger partial charge in [-0.1, -0.05) is 0 Å². The highest BCUT2D eigenvalue weighted by Gasteiger charge is 2.40. The molecule has 0 radical (unpaired) electrons. The fraction of sp³-hybridized carbons (Fsp3) is 0.800. The van der Waals surface area contributed by atoms with Crippen molar-refractivity contribution in [1.82, 2.24) is 10.2 Å². The Bertz CT molecular complexity index is 320. The number of hydrogen-bond acceptors (Lipinski definition) is 2. The van der Waals surface area contributed by atoms with E-state index < -0.39 is 18.5 Å². The Balaban J connectivity index is 1.96. The van der Waals surface area contributed by atoms with Crippen molar-refractivity contribution >= 4 is 11.8 Å². The topological polar surface area (TPSA) is 49.4 Å². The molecule has 2 heterocycles. The fourth-order valence-corrected chi connectivity index (χ4v) is 2.17. The van der Waals surface area contributed by atoms with Crippen LogP contribution in [0.1, 0.15) is 25.7 Å². The summed E-state index contributed by atoms with van der Waals surface area (Å²) in [6, 6.07) is -0.596. The van der Waals surface area contributed by atoms with E-state index >= 15 is 0 Å². The number of carbonyl (C=O) groups excluding carboxylic acids is 2. The second kappa shape index (κ2) is 3.99. The molecule has 2 rings (SSSR count). The molecular weight excluding hydrogens is 218 g/mol. The molecule has 1 unspecified atom stereocenters. The highest BCUT2D eigenvalue weighted by atomic mass is 19.3. The minimum atomic E-state index is -2.78. The number of piperidine rings is 1. The van der Waals surface area contributed by atoms with Gasteiger partial charge in [0.05, 0.1) is 6.54 Å². The van der Waals surface area contributed by atoms with E-state index in [-0.39, 0.29) is 18.2 Å². The van der Waals surface area contributed by atoms with Gasteiger partial charge in [0, 0.05) is 19.4 Å². The Kier molecular flexibility index (Phi) is 2.82. The first kappa shape index (κ1) is 11.3. The van der Waals surface area contributed by atoms with Gasteiger partial charge in [0.15, 0.2) is 0 Å². The SMILES string of the molecule is O=C1CCC(C(=O)N2CCCC(F)(F)C2)N1. The number of carbonyl (C=O) groups is 2. The smallest absolute Gasteiger partial charge is 0.265 e. The molecule has 2 fully saturated rings. The third kappa shape index (κ3) is 2.31. The Morgan fingerprint density at radius 1 is 1.50 bits per heavy atom. The normalized spacial score (nSPS) is 29.0. The molecule has 90 valence electrons. The van der Waals surface area contributed by atoms with Gasteiger partial charge >= 0.3 is 0 Å². The maximum Gasteiger partial charge on any atom is 0.265 e. The maximum absolute atomic E-state index is 13.1. The zero-order valence-corrected chi connectivity index (χ0v) is 8.84. The van der Waals surface area contributed by atoms with Crippen molar-refractivity contribution < 1.29 is 18.4 Å². The van der Waals surface area contributed by atoms with E-state index in [9.17, 15) is 18.4 Å². The lowest BCUT2D eigenvalue weighted by Gasteiger charge is -2.33. The maximum atomic E-state index is 13.1. The van der Waals surface area contributed by atoms with Crippen molar-refractivity contribution in [2.45, 2.75) is 37.6 Å². The van der Waals surface area contributed by atoms with Gasteiger partial charge in [-0.3, -0.25) is 9.59 Å². The first-order chi connectivity index (χ1) is 7.48. The minimum absolute atomic E-state index is 0.159. The van der Waals surface area contributed by atoms with Crippen LogP contribution in [-0.4, -0.2) is 41.8 Å². The van der Waals surface area contributed by atoms with E-state index in [0.29, 0.717) is 25.8 Å². The van der Waals surface area contributed by atoms with Crippen LogP contribution in [0.25, 0.3) is 0 Å². The first-order valence-corrected chi connectivity index (χ1v) is 5.44. The highest BCUT2D eigenvalue weighted by molar-refractivity contribution is 5.90. The molecule has 0 bridgehead atoms. The Labute approximate surface area is 92.0 Å². The van der Waals surface area contributed by atoms with Crippen LogP contribution in [0.3, 0.4) is 0 Å². The van der Waals surface area contributed by atoms with Crippen LogP contribution in [0.4, 0.5) is 8.78 Å². The Hall–Kier alpha value is -1.20. The standard InChI is InChI=1S/C10H14F2N2O2/c11-10(12)4-1-5-14(6-10)9(16)7-2-3-8(15)13-7/h7H,1-6H2,(H,13,15). The highest BCUT2D eigenvalue weighted by Crippen LogP contribution is 2.27. The molecular formula is C10H14F2N2O2. The monoisotopic (exact) mass is 232 g/mol. The van der Waals surface area contributed by atoms with Crippen LogP contribution in [0.2, 0.25) is 0 Å². The molecule has 2 amide bonds. The van der Waals surface area contributed by atoms with E-state index in [1.54, 1.807) is 0 Å². The number of nitrogens with one attached hydrogen (secondary N) is 1. The van der Waals surface area contributed by atoms with Crippen LogP contribution in [0.5, 0.6) is 0 Å². The summed E-state index contributed by atoms with van der Waals surface area (Å²) in [4.78, 5) is 23.9. The van der Waals surface area contributed by atoms with Crippen molar-refractivity contribution in [3.05, 3.63) is 0 Å². The zero-order chi connectivity index (χ0) is 11.8. The van der Waals surface area contributed by atoms with Crippen molar-refractivity contribution in [1.29, 1.82) is 0 Å². The summed E-state index contributed by atoms with van der Waals surface area (Å²) in [5.41, 5.74) is 0. The van der Waals surface area contributed by atoms with Gasteiger partial charge < -0.3 is 10.2 Å². The molecule has 0 aliphatic carbocycles. The van der Waals surface area contributed by atoms with Crippen molar-refractivity contribution in [2.75, 3.05) is 13.1 Å². The summed E-state index contributed by atoms with van der Waals surface area (Å²) in [5, 5.41) is 2.50. The molecule has 0 spiro atoms. The van der Waals surface area contributed by atoms with E-state index in [2.05, 4.69) is 5.32 Å². The van der Waals surface area contributed by atoms with Crippen molar-refractivity contribution in [2.24, 2.45) is 0 Å². The summed E-state index contributed by atoms with van der Waals surface area (Å²) in [7, 11) is 0. The molecule has 16 heavy (non-hydrogen) atoms. The van der Waals surface area contributed by atoms with Gasteiger partial charge in [-0.15, -0.1) is 0 Å². The number of likely N-dealkylation sites (tertiary alicyclic amines) is 1. The zero-order valence-electron chi connectivity index (χ0n) is 8.84. The Morgan fingerprint density at radius 2 is 2.25 bits per heavy atom. The fourth-order valence-electron chi connectivity index (χ4n) is 2.17. The van der Waals surface area contributed by atoms with Crippen LogP contribution < -0.4 is 5.32 Å². The van der Waals surface area contributed by atoms with Crippen molar-refractivity contribution in [3.8, 4) is 0 Å². The van der Waals surface area contributed by atoms with E-state index in [1.165, 1.54) is 4.90 Å². The Morgan fingerprint density at radius 3 is 2.81 bits per heavy atom. The van der Waals surface area contributed by atoms with E-state index in [4.69, 9.17) is 0 Å². The second-order valence-electron chi connectivity index (χ2n) is 4.38. The lowest BCUT2D eigenvalue weighted by molar-refractivity contribution is -0.144. The van der Waals surface area contributed by atoms with Crippen LogP contribution in [0.15, 0.2) is 0 Å². The summed E-state index contributed by atoms with van der Waals surface area (Å²) in [6.45, 7) is -0.154. The van der Waals surface area contributed by atoms with Crippen LogP contribution >= 0.6 is 0 Å². The largest absolute Gasteiger partial charge is 0.344 e. The van der Waals surface area contributed by atoms with Crippen LogP contribution in [0, 0.1) is 0 Å². The molecule has 2 aliphatic heterocycles. The van der Waals surface area contributed by atoms with Crippen molar-refractivity contribution in [3.63, 3.8) is 0 Å². The molecule has 6 heteroatoms. The number of nitrogens with zero attached hydrogens (tertiary/aromatic N) is 1. The molecule has 2 aliphatic rings. The average Bonchev–Trinajstić information content (AvgIpc) is 2.62. The number of amides is 2. The number of alkyl halides is 2. The number of hydrogen-bond donors (Lipinski definition) is 1. The third-order valence-electron chi connectivity index (χ3n) is 3.00. The first-order valence-electron chi connectivity index (χ1n) is 5.44. The van der Waals surface area contributed by atoms with Gasteiger partial charge in [0.2, 0.25) is 11.8 Å². The van der Waals surface area contributed by atoms with Gasteiger partial charge in [0.25, 0.3) is 5.92 Å². The molecule has 0 aromatic heterocycles. The second-order valence-corrected chi connectivity index (χ2v) is 4.38. The molecule has 2 saturated heterocycles. The lowest BCUT2D eigenvalue weighted by Crippen LogP contribution is -2.51. The van der Waals surface area contributed by atoms with Gasteiger partial charge in [-0.05, 0) is 12.8 Å². The summed E-state index contributed by atoms with van der Waals surface area (Å²) in [5.74, 6) is -3.33. The summed E-state index contributed by atoms with van der Waals surface area (Å²) < 4.78 is 26.2. The van der Waals surface area contributed by atoms with Crippen LogP contribution in [-0.2, 0) is 9.59 Å². The molecule has 4 nitrogen and oxygen atoms in total. The number of rotatable bonds is 1. The lowest BCUT2D eigenvalue weighted by atomic mass is 10.1. The minimum Gasteiger partial charge on any atom is -0.344 e. The molecule has 0 aromatic carbocycles.